The van der Waals surface area contributed by atoms with Crippen LogP contribution in [0.3, 0.4) is 0 Å². The van der Waals surface area contributed by atoms with Crippen LogP contribution in [0.15, 0.2) is 48.7 Å². The average molecular weight is 268 g/mol. The van der Waals surface area contributed by atoms with Crippen molar-refractivity contribution in [1.82, 2.24) is 10.3 Å². The Labute approximate surface area is 117 Å². The molecule has 3 rings (SSSR count). The van der Waals surface area contributed by atoms with Crippen molar-refractivity contribution in [2.75, 3.05) is 6.54 Å². The fourth-order valence-electron chi connectivity index (χ4n) is 2.07. The largest absolute Gasteiger partial charge is 0.313 e. The molecule has 0 aliphatic heterocycles. The Balaban J connectivity index is 1.88. The Morgan fingerprint density at radius 3 is 2.74 bits per heavy atom. The molecule has 0 unspecified atom stereocenters. The maximum Gasteiger partial charge on any atom is 0.0816 e. The Bertz CT molecular complexity index is 638. The molecule has 2 nitrogen and oxygen atoms in total. The molecule has 0 aliphatic rings. The summed E-state index contributed by atoms with van der Waals surface area (Å²) in [5.74, 6) is 0. The summed E-state index contributed by atoms with van der Waals surface area (Å²) in [6.07, 6.45) is 1.85. The lowest BCUT2D eigenvalue weighted by Gasteiger charge is -2.03. The summed E-state index contributed by atoms with van der Waals surface area (Å²) < 4.78 is 1.24. The molecule has 3 heteroatoms. The number of hydrogen-bond acceptors (Lipinski definition) is 3. The lowest BCUT2D eigenvalue weighted by Crippen LogP contribution is -2.11. The summed E-state index contributed by atoms with van der Waals surface area (Å²) in [7, 11) is 0. The molecule has 0 radical (unpaired) electrons. The average Bonchev–Trinajstić information content (AvgIpc) is 2.89. The predicted molar refractivity (Wildman–Crippen MR) is 82.4 cm³/mol. The third kappa shape index (κ3) is 2.67. The molecule has 1 aromatic carbocycles. The van der Waals surface area contributed by atoms with Gasteiger partial charge in [0.2, 0.25) is 0 Å². The second-order valence-electron chi connectivity index (χ2n) is 4.47. The lowest BCUT2D eigenvalue weighted by atomic mass is 10.1. The number of pyridine rings is 1. The Hall–Kier alpha value is -1.71. The van der Waals surface area contributed by atoms with Crippen molar-refractivity contribution < 1.29 is 0 Å². The molecule has 0 fully saturated rings. The van der Waals surface area contributed by atoms with Crippen molar-refractivity contribution in [2.45, 2.75) is 13.5 Å². The summed E-state index contributed by atoms with van der Waals surface area (Å²) in [5.41, 5.74) is 3.67. The second kappa shape index (κ2) is 5.51. The van der Waals surface area contributed by atoms with Crippen LogP contribution in [-0.4, -0.2) is 11.5 Å². The highest BCUT2D eigenvalue weighted by Gasteiger charge is 2.04. The van der Waals surface area contributed by atoms with Crippen LogP contribution in [0.1, 0.15) is 12.5 Å². The molecular formula is C16H16N2S. The van der Waals surface area contributed by atoms with Crippen molar-refractivity contribution in [2.24, 2.45) is 0 Å². The van der Waals surface area contributed by atoms with Crippen LogP contribution in [0.4, 0.5) is 0 Å². The van der Waals surface area contributed by atoms with E-state index in [-0.39, 0.29) is 0 Å². The first kappa shape index (κ1) is 12.3. The summed E-state index contributed by atoms with van der Waals surface area (Å²) in [4.78, 5) is 5.67. The number of hydrogen-bond donors (Lipinski definition) is 1. The van der Waals surface area contributed by atoms with Gasteiger partial charge >= 0.3 is 0 Å². The molecule has 19 heavy (non-hydrogen) atoms. The maximum absolute atomic E-state index is 4.39. The monoisotopic (exact) mass is 268 g/mol. The van der Waals surface area contributed by atoms with Gasteiger partial charge in [-0.1, -0.05) is 31.2 Å². The number of nitrogens with one attached hydrogen (secondary N) is 1. The van der Waals surface area contributed by atoms with Crippen LogP contribution < -0.4 is 5.32 Å². The zero-order valence-corrected chi connectivity index (χ0v) is 11.7. The van der Waals surface area contributed by atoms with Gasteiger partial charge in [-0.05, 0) is 35.9 Å². The van der Waals surface area contributed by atoms with E-state index < -0.39 is 0 Å². The van der Waals surface area contributed by atoms with E-state index in [1.54, 1.807) is 11.3 Å². The minimum atomic E-state index is 0.935. The molecule has 0 saturated carbocycles. The van der Waals surface area contributed by atoms with Gasteiger partial charge in [0.15, 0.2) is 0 Å². The highest BCUT2D eigenvalue weighted by molar-refractivity contribution is 7.22. The molecule has 3 aromatic rings. The molecule has 0 spiro atoms. The van der Waals surface area contributed by atoms with Crippen molar-refractivity contribution in [3.63, 3.8) is 0 Å². The van der Waals surface area contributed by atoms with Gasteiger partial charge in [0, 0.05) is 17.6 Å². The van der Waals surface area contributed by atoms with Gasteiger partial charge in [0.25, 0.3) is 0 Å². The SMILES string of the molecule is CCNCc1ccc(-c2cc3ncccc3s2)cc1. The van der Waals surface area contributed by atoms with Gasteiger partial charge in [-0.3, -0.25) is 4.98 Å². The first-order valence-electron chi connectivity index (χ1n) is 6.51. The molecule has 2 aromatic heterocycles. The standard InChI is InChI=1S/C16H16N2S/c1-2-17-11-12-5-7-13(8-6-12)16-10-14-15(19-16)4-3-9-18-14/h3-10,17H,2,11H2,1H3. The number of nitrogens with zero attached hydrogens (tertiary/aromatic N) is 1. The van der Waals surface area contributed by atoms with E-state index >= 15 is 0 Å². The quantitative estimate of drug-likeness (QED) is 0.771. The molecule has 2 heterocycles. The maximum atomic E-state index is 4.39. The predicted octanol–water partition coefficient (Wildman–Crippen LogP) is 4.07. The third-order valence-electron chi connectivity index (χ3n) is 3.11. The van der Waals surface area contributed by atoms with Crippen LogP contribution >= 0.6 is 11.3 Å². The van der Waals surface area contributed by atoms with Gasteiger partial charge in [-0.15, -0.1) is 11.3 Å². The van der Waals surface area contributed by atoms with Crippen LogP contribution in [-0.2, 0) is 6.54 Å². The van der Waals surface area contributed by atoms with Crippen molar-refractivity contribution in [3.8, 4) is 10.4 Å². The zero-order valence-electron chi connectivity index (χ0n) is 10.9. The zero-order chi connectivity index (χ0) is 13.1. The number of fused-ring (bicyclic) bond motifs is 1. The van der Waals surface area contributed by atoms with E-state index in [1.165, 1.54) is 20.7 Å². The fourth-order valence-corrected chi connectivity index (χ4v) is 3.09. The van der Waals surface area contributed by atoms with Gasteiger partial charge in [-0.25, -0.2) is 0 Å². The molecule has 0 aliphatic carbocycles. The van der Waals surface area contributed by atoms with Gasteiger partial charge in [-0.2, -0.15) is 0 Å². The molecule has 1 N–H and O–H groups in total. The third-order valence-corrected chi connectivity index (χ3v) is 4.24. The summed E-state index contributed by atoms with van der Waals surface area (Å²) in [6.45, 7) is 4.06. The van der Waals surface area contributed by atoms with Gasteiger partial charge in [0.1, 0.15) is 0 Å². The highest BCUT2D eigenvalue weighted by Crippen LogP contribution is 2.32. The minimum absolute atomic E-state index is 0.935. The van der Waals surface area contributed by atoms with Crippen molar-refractivity contribution in [1.29, 1.82) is 0 Å². The van der Waals surface area contributed by atoms with Crippen molar-refractivity contribution >= 4 is 21.6 Å². The molecule has 0 saturated heterocycles. The lowest BCUT2D eigenvalue weighted by molar-refractivity contribution is 0.727. The van der Waals surface area contributed by atoms with E-state index in [0.717, 1.165) is 18.6 Å². The first-order valence-corrected chi connectivity index (χ1v) is 7.33. The number of rotatable bonds is 4. The van der Waals surface area contributed by atoms with Crippen LogP contribution in [0.5, 0.6) is 0 Å². The van der Waals surface area contributed by atoms with E-state index in [1.807, 2.05) is 12.3 Å². The number of benzene rings is 1. The summed E-state index contributed by atoms with van der Waals surface area (Å²) in [6, 6.07) is 15.0. The molecule has 0 amide bonds. The minimum Gasteiger partial charge on any atom is -0.313 e. The smallest absolute Gasteiger partial charge is 0.0816 e. The summed E-state index contributed by atoms with van der Waals surface area (Å²) in [5, 5.41) is 3.34. The second-order valence-corrected chi connectivity index (χ2v) is 5.56. The Morgan fingerprint density at radius 2 is 2.00 bits per heavy atom. The molecule has 0 atom stereocenters. The Morgan fingerprint density at radius 1 is 1.16 bits per heavy atom. The molecule has 0 bridgehead atoms. The van der Waals surface area contributed by atoms with E-state index in [0.29, 0.717) is 0 Å². The van der Waals surface area contributed by atoms with E-state index in [4.69, 9.17) is 0 Å². The first-order chi connectivity index (χ1) is 9.36. The molecule has 96 valence electrons. The number of aromatic nitrogens is 1. The topological polar surface area (TPSA) is 24.9 Å². The number of thiophene rings is 1. The molecular weight excluding hydrogens is 252 g/mol. The normalized spacial score (nSPS) is 11.0. The van der Waals surface area contributed by atoms with E-state index in [2.05, 4.69) is 53.6 Å². The van der Waals surface area contributed by atoms with Gasteiger partial charge < -0.3 is 5.32 Å². The highest BCUT2D eigenvalue weighted by atomic mass is 32.1. The fraction of sp³-hybridized carbons (Fsp3) is 0.188. The van der Waals surface area contributed by atoms with E-state index in [9.17, 15) is 0 Å². The van der Waals surface area contributed by atoms with Gasteiger partial charge in [0.05, 0.1) is 10.2 Å². The van der Waals surface area contributed by atoms with Crippen LogP contribution in [0.25, 0.3) is 20.7 Å². The van der Waals surface area contributed by atoms with Crippen LogP contribution in [0.2, 0.25) is 0 Å². The Kier molecular flexibility index (Phi) is 3.58. The van der Waals surface area contributed by atoms with Crippen molar-refractivity contribution in [3.05, 3.63) is 54.2 Å². The summed E-state index contributed by atoms with van der Waals surface area (Å²) >= 11 is 1.80. The van der Waals surface area contributed by atoms with Crippen LogP contribution in [0, 0.1) is 0 Å².